The summed E-state index contributed by atoms with van der Waals surface area (Å²) in [6.45, 7) is 15.5. The Bertz CT molecular complexity index is 514. The van der Waals surface area contributed by atoms with Gasteiger partial charge in [0, 0.05) is 6.54 Å². The van der Waals surface area contributed by atoms with Gasteiger partial charge in [-0.2, -0.15) is 0 Å². The molecule has 4 heteroatoms. The Morgan fingerprint density at radius 2 is 1.88 bits per heavy atom. The third-order valence-corrected chi connectivity index (χ3v) is 6.50. The van der Waals surface area contributed by atoms with Crippen molar-refractivity contribution in [3.05, 3.63) is 0 Å². The Morgan fingerprint density at radius 1 is 1.23 bits per heavy atom. The molecular weight excluding hydrogens is 326 g/mol. The van der Waals surface area contributed by atoms with Gasteiger partial charge in [-0.05, 0) is 87.9 Å². The van der Waals surface area contributed by atoms with Crippen LogP contribution in [0.2, 0.25) is 0 Å². The second kappa shape index (κ2) is 7.33. The minimum absolute atomic E-state index is 0.0418. The number of alkyl carbamates (subject to hydrolysis) is 1. The van der Waals surface area contributed by atoms with E-state index in [0.29, 0.717) is 17.9 Å². The lowest BCUT2D eigenvalue weighted by molar-refractivity contribution is -0.139. The van der Waals surface area contributed by atoms with Crippen LogP contribution in [0.1, 0.15) is 93.4 Å². The van der Waals surface area contributed by atoms with Crippen molar-refractivity contribution in [2.24, 2.45) is 22.2 Å². The van der Waals surface area contributed by atoms with Gasteiger partial charge in [-0.1, -0.05) is 27.7 Å². The second-order valence-electron chi connectivity index (χ2n) is 11.1. The number of hydrogen-bond donors (Lipinski definition) is 2. The summed E-state index contributed by atoms with van der Waals surface area (Å²) < 4.78 is 5.35. The van der Waals surface area contributed by atoms with Crippen molar-refractivity contribution >= 4 is 6.09 Å². The number of carbonyl (C=O) groups is 1. The highest BCUT2D eigenvalue weighted by atomic mass is 16.6. The predicted molar refractivity (Wildman–Crippen MR) is 106 cm³/mol. The van der Waals surface area contributed by atoms with Gasteiger partial charge in [0.15, 0.2) is 0 Å². The van der Waals surface area contributed by atoms with Gasteiger partial charge in [0.25, 0.3) is 0 Å². The van der Waals surface area contributed by atoms with E-state index < -0.39 is 5.60 Å². The molecule has 2 bridgehead atoms. The van der Waals surface area contributed by atoms with Crippen molar-refractivity contribution < 1.29 is 14.6 Å². The predicted octanol–water partition coefficient (Wildman–Crippen LogP) is 5.28. The molecule has 4 nitrogen and oxygen atoms in total. The highest BCUT2D eigenvalue weighted by molar-refractivity contribution is 5.67. The van der Waals surface area contributed by atoms with Crippen LogP contribution in [0.5, 0.6) is 0 Å². The zero-order valence-electron chi connectivity index (χ0n) is 18.1. The number of rotatable bonds is 5. The smallest absolute Gasteiger partial charge is 0.407 e. The monoisotopic (exact) mass is 367 g/mol. The largest absolute Gasteiger partial charge is 0.444 e. The Labute approximate surface area is 160 Å². The highest BCUT2D eigenvalue weighted by Gasteiger charge is 2.56. The molecule has 2 saturated carbocycles. The van der Waals surface area contributed by atoms with Crippen LogP contribution < -0.4 is 5.32 Å². The minimum Gasteiger partial charge on any atom is -0.444 e. The summed E-state index contributed by atoms with van der Waals surface area (Å²) in [7, 11) is 0. The van der Waals surface area contributed by atoms with E-state index in [1.807, 2.05) is 20.8 Å². The molecule has 0 aliphatic heterocycles. The first-order valence-corrected chi connectivity index (χ1v) is 10.5. The normalized spacial score (nSPS) is 38.5. The standard InChI is InChI=1S/C22H41NO3/c1-8-17(24)22-12-16(2)11-21(7,15-22)13-20(6,14-22)9-10-23-18(25)26-19(3,4)5/h16-17,24H,8-15H2,1-7H3,(H,23,25). The third kappa shape index (κ3) is 5.15. The molecule has 0 aromatic heterocycles. The summed E-state index contributed by atoms with van der Waals surface area (Å²) in [5, 5.41) is 13.8. The van der Waals surface area contributed by atoms with Crippen LogP contribution in [0.15, 0.2) is 0 Å². The van der Waals surface area contributed by atoms with E-state index in [2.05, 4.69) is 33.0 Å². The van der Waals surface area contributed by atoms with Gasteiger partial charge in [0.2, 0.25) is 0 Å². The van der Waals surface area contributed by atoms with Crippen LogP contribution in [0.3, 0.4) is 0 Å². The number of aliphatic hydroxyl groups is 1. The molecule has 1 amide bonds. The molecule has 5 unspecified atom stereocenters. The molecule has 152 valence electrons. The van der Waals surface area contributed by atoms with Gasteiger partial charge < -0.3 is 15.2 Å². The first kappa shape index (κ1) is 21.5. The summed E-state index contributed by atoms with van der Waals surface area (Å²) >= 11 is 0. The topological polar surface area (TPSA) is 58.6 Å². The van der Waals surface area contributed by atoms with Crippen molar-refractivity contribution in [1.82, 2.24) is 5.32 Å². The summed E-state index contributed by atoms with van der Waals surface area (Å²) in [4.78, 5) is 12.0. The molecular formula is C22H41NO3. The molecule has 0 saturated heterocycles. The van der Waals surface area contributed by atoms with E-state index in [4.69, 9.17) is 4.74 Å². The van der Waals surface area contributed by atoms with Gasteiger partial charge in [0.1, 0.15) is 5.60 Å². The number of fused-ring (bicyclic) bond motifs is 2. The molecule has 5 atom stereocenters. The lowest BCUT2D eigenvalue weighted by Crippen LogP contribution is -2.54. The van der Waals surface area contributed by atoms with Crippen LogP contribution in [0, 0.1) is 22.2 Å². The average molecular weight is 368 g/mol. The van der Waals surface area contributed by atoms with Crippen LogP contribution in [-0.4, -0.2) is 29.4 Å². The third-order valence-electron chi connectivity index (χ3n) is 6.50. The molecule has 0 heterocycles. The van der Waals surface area contributed by atoms with Crippen LogP contribution in [0.4, 0.5) is 4.79 Å². The van der Waals surface area contributed by atoms with E-state index in [9.17, 15) is 9.90 Å². The fraction of sp³-hybridized carbons (Fsp3) is 0.955. The first-order valence-electron chi connectivity index (χ1n) is 10.5. The lowest BCUT2D eigenvalue weighted by atomic mass is 9.45. The summed E-state index contributed by atoms with van der Waals surface area (Å²) in [6.07, 6.45) is 6.98. The molecule has 2 rings (SSSR count). The van der Waals surface area contributed by atoms with Gasteiger partial charge in [0.05, 0.1) is 6.10 Å². The molecule has 2 fully saturated rings. The Hall–Kier alpha value is -0.770. The summed E-state index contributed by atoms with van der Waals surface area (Å²) in [5.41, 5.74) is 0.0277. The zero-order valence-corrected chi connectivity index (χ0v) is 18.1. The van der Waals surface area contributed by atoms with Crippen LogP contribution in [0.25, 0.3) is 0 Å². The SMILES string of the molecule is CCC(O)C12CC(C)CC(C)(CC(C)(CCNC(=O)OC(C)(C)C)C1)C2. The van der Waals surface area contributed by atoms with E-state index in [0.717, 1.165) is 32.1 Å². The maximum absolute atomic E-state index is 12.0. The molecule has 26 heavy (non-hydrogen) atoms. The fourth-order valence-electron chi connectivity index (χ4n) is 6.58. The maximum Gasteiger partial charge on any atom is 0.407 e. The van der Waals surface area contributed by atoms with Crippen LogP contribution >= 0.6 is 0 Å². The van der Waals surface area contributed by atoms with Gasteiger partial charge >= 0.3 is 6.09 Å². The lowest BCUT2D eigenvalue weighted by Gasteiger charge is -2.61. The molecule has 0 radical (unpaired) electrons. The van der Waals surface area contributed by atoms with Gasteiger partial charge in [-0.15, -0.1) is 0 Å². The Morgan fingerprint density at radius 3 is 2.46 bits per heavy atom. The molecule has 0 aromatic carbocycles. The first-order chi connectivity index (χ1) is 11.8. The van der Waals surface area contributed by atoms with Gasteiger partial charge in [-0.3, -0.25) is 0 Å². The number of amides is 1. The number of nitrogens with one attached hydrogen (secondary N) is 1. The number of hydrogen-bond acceptors (Lipinski definition) is 3. The molecule has 2 aliphatic carbocycles. The zero-order chi connectivity index (χ0) is 19.8. The van der Waals surface area contributed by atoms with Crippen molar-refractivity contribution in [2.45, 2.75) is 105 Å². The number of aliphatic hydroxyl groups excluding tert-OH is 1. The van der Waals surface area contributed by atoms with E-state index >= 15 is 0 Å². The second-order valence-corrected chi connectivity index (χ2v) is 11.1. The molecule has 2 N–H and O–H groups in total. The van der Waals surface area contributed by atoms with Crippen molar-refractivity contribution in [3.8, 4) is 0 Å². The fourth-order valence-corrected chi connectivity index (χ4v) is 6.58. The Kier molecular flexibility index (Phi) is 6.07. The minimum atomic E-state index is -0.464. The van der Waals surface area contributed by atoms with Gasteiger partial charge in [-0.25, -0.2) is 4.79 Å². The summed E-state index contributed by atoms with van der Waals surface area (Å²) in [6, 6.07) is 0. The molecule has 0 spiro atoms. The quantitative estimate of drug-likeness (QED) is 0.694. The highest BCUT2D eigenvalue weighted by Crippen LogP contribution is 2.64. The molecule has 2 aliphatic rings. The van der Waals surface area contributed by atoms with E-state index in [-0.39, 0.29) is 23.0 Å². The number of ether oxygens (including phenoxy) is 1. The number of carbonyl (C=O) groups excluding carboxylic acids is 1. The molecule has 0 aromatic rings. The van der Waals surface area contributed by atoms with Crippen molar-refractivity contribution in [3.63, 3.8) is 0 Å². The average Bonchev–Trinajstić information content (AvgIpc) is 2.41. The summed E-state index contributed by atoms with van der Waals surface area (Å²) in [5.74, 6) is 0.680. The van der Waals surface area contributed by atoms with Crippen molar-refractivity contribution in [1.29, 1.82) is 0 Å². The maximum atomic E-state index is 12.0. The van der Waals surface area contributed by atoms with E-state index in [1.54, 1.807) is 0 Å². The van der Waals surface area contributed by atoms with Crippen molar-refractivity contribution in [2.75, 3.05) is 6.54 Å². The Balaban J connectivity index is 2.05. The van der Waals surface area contributed by atoms with Crippen LogP contribution in [-0.2, 0) is 4.74 Å². The van der Waals surface area contributed by atoms with E-state index in [1.165, 1.54) is 12.8 Å².